The van der Waals surface area contributed by atoms with E-state index in [-0.39, 0.29) is 17.4 Å². The molecule has 2 aromatic carbocycles. The van der Waals surface area contributed by atoms with Crippen LogP contribution in [0.4, 0.5) is 4.39 Å². The van der Waals surface area contributed by atoms with Gasteiger partial charge in [0.1, 0.15) is 5.82 Å². The minimum atomic E-state index is -0.502. The van der Waals surface area contributed by atoms with Crippen molar-refractivity contribution in [2.24, 2.45) is 4.99 Å². The first kappa shape index (κ1) is 13.2. The van der Waals surface area contributed by atoms with Gasteiger partial charge in [0, 0.05) is 5.56 Å². The lowest BCUT2D eigenvalue weighted by atomic mass is 10.1. The molecule has 3 nitrogen and oxygen atoms in total. The number of hydrogen-bond acceptors (Lipinski definition) is 3. The number of cyclic esters (lactones) is 1. The zero-order valence-corrected chi connectivity index (χ0v) is 11.3. The molecule has 0 aliphatic carbocycles. The number of carbonyl (C=O) groups excluding carboxylic acids is 1. The van der Waals surface area contributed by atoms with E-state index in [1.165, 1.54) is 24.3 Å². The van der Waals surface area contributed by atoms with Crippen LogP contribution < -0.4 is 0 Å². The fourth-order valence-corrected chi connectivity index (χ4v) is 2.02. The van der Waals surface area contributed by atoms with Crippen LogP contribution in [0.3, 0.4) is 0 Å². The Morgan fingerprint density at radius 2 is 1.81 bits per heavy atom. The second-order valence-corrected chi connectivity index (χ2v) is 4.70. The van der Waals surface area contributed by atoms with Gasteiger partial charge in [-0.25, -0.2) is 14.2 Å². The van der Waals surface area contributed by atoms with Crippen LogP contribution in [0.5, 0.6) is 0 Å². The smallest absolute Gasteiger partial charge is 0.363 e. The molecular formula is C17H12FNO2. The lowest BCUT2D eigenvalue weighted by Crippen LogP contribution is -2.05. The second kappa shape index (κ2) is 5.32. The molecule has 1 aliphatic rings. The molecule has 21 heavy (non-hydrogen) atoms. The van der Waals surface area contributed by atoms with Gasteiger partial charge in [-0.1, -0.05) is 24.3 Å². The Morgan fingerprint density at radius 3 is 2.52 bits per heavy atom. The third kappa shape index (κ3) is 2.74. The standard InChI is InChI=1S/C17H12FNO2/c1-11-4-2-3-5-13(11)10-15-17(20)21-16(19-15)12-6-8-14(18)9-7-12/h2-10H,1H3/b15-10-. The van der Waals surface area contributed by atoms with Gasteiger partial charge < -0.3 is 4.74 Å². The number of halogens is 1. The number of nitrogens with zero attached hydrogens (tertiary/aromatic N) is 1. The average Bonchev–Trinajstić information content (AvgIpc) is 2.83. The Balaban J connectivity index is 1.96. The Kier molecular flexibility index (Phi) is 3.36. The SMILES string of the molecule is Cc1ccccc1/C=C1\N=C(c2ccc(F)cc2)OC1=O. The topological polar surface area (TPSA) is 38.7 Å². The lowest BCUT2D eigenvalue weighted by Gasteiger charge is -1.98. The fraction of sp³-hybridized carbons (Fsp3) is 0.0588. The maximum absolute atomic E-state index is 12.9. The predicted molar refractivity (Wildman–Crippen MR) is 78.2 cm³/mol. The number of ether oxygens (including phenoxy) is 1. The van der Waals surface area contributed by atoms with E-state index < -0.39 is 5.97 Å². The van der Waals surface area contributed by atoms with Crippen molar-refractivity contribution in [3.63, 3.8) is 0 Å². The van der Waals surface area contributed by atoms with Crippen molar-refractivity contribution >= 4 is 17.9 Å². The van der Waals surface area contributed by atoms with Crippen LogP contribution in [0.25, 0.3) is 6.08 Å². The van der Waals surface area contributed by atoms with E-state index >= 15 is 0 Å². The van der Waals surface area contributed by atoms with Crippen molar-refractivity contribution in [1.82, 2.24) is 0 Å². The molecule has 0 radical (unpaired) electrons. The molecule has 0 spiro atoms. The number of aliphatic imine (C=N–C) groups is 1. The summed E-state index contributed by atoms with van der Waals surface area (Å²) in [5.74, 6) is -0.656. The van der Waals surface area contributed by atoms with E-state index in [1.54, 1.807) is 6.08 Å². The van der Waals surface area contributed by atoms with E-state index in [1.807, 2.05) is 31.2 Å². The van der Waals surface area contributed by atoms with Crippen molar-refractivity contribution in [1.29, 1.82) is 0 Å². The molecular weight excluding hydrogens is 269 g/mol. The van der Waals surface area contributed by atoms with Crippen molar-refractivity contribution in [2.75, 3.05) is 0 Å². The zero-order chi connectivity index (χ0) is 14.8. The van der Waals surface area contributed by atoms with Crippen molar-refractivity contribution in [2.45, 2.75) is 6.92 Å². The normalized spacial score (nSPS) is 16.0. The highest BCUT2D eigenvalue weighted by atomic mass is 19.1. The first-order valence-electron chi connectivity index (χ1n) is 6.47. The summed E-state index contributed by atoms with van der Waals surface area (Å²) < 4.78 is 18.0. The number of carbonyl (C=O) groups is 1. The Hall–Kier alpha value is -2.75. The maximum Gasteiger partial charge on any atom is 0.363 e. The fourth-order valence-electron chi connectivity index (χ4n) is 2.02. The molecule has 0 N–H and O–H groups in total. The van der Waals surface area contributed by atoms with E-state index in [2.05, 4.69) is 4.99 Å². The molecule has 0 bridgehead atoms. The van der Waals surface area contributed by atoms with Gasteiger partial charge in [0.2, 0.25) is 5.90 Å². The summed E-state index contributed by atoms with van der Waals surface area (Å²) in [6.07, 6.45) is 1.69. The third-order valence-corrected chi connectivity index (χ3v) is 3.19. The van der Waals surface area contributed by atoms with Crippen LogP contribution >= 0.6 is 0 Å². The Morgan fingerprint density at radius 1 is 1.10 bits per heavy atom. The summed E-state index contributed by atoms with van der Waals surface area (Å²) in [5, 5.41) is 0. The minimum absolute atomic E-state index is 0.194. The molecule has 1 aliphatic heterocycles. The highest BCUT2D eigenvalue weighted by Crippen LogP contribution is 2.20. The van der Waals surface area contributed by atoms with Crippen molar-refractivity contribution < 1.29 is 13.9 Å². The van der Waals surface area contributed by atoms with Gasteiger partial charge in [0.25, 0.3) is 0 Å². The number of esters is 1. The lowest BCUT2D eigenvalue weighted by molar-refractivity contribution is -0.129. The molecule has 2 aromatic rings. The highest BCUT2D eigenvalue weighted by molar-refractivity contribution is 6.12. The highest BCUT2D eigenvalue weighted by Gasteiger charge is 2.24. The van der Waals surface area contributed by atoms with Gasteiger partial charge in [-0.3, -0.25) is 0 Å². The summed E-state index contributed by atoms with van der Waals surface area (Å²) in [4.78, 5) is 16.1. The molecule has 0 fully saturated rings. The Labute approximate surface area is 121 Å². The van der Waals surface area contributed by atoms with Gasteiger partial charge in [0.15, 0.2) is 5.70 Å². The summed E-state index contributed by atoms with van der Waals surface area (Å²) in [6.45, 7) is 1.96. The number of rotatable bonds is 2. The van der Waals surface area contributed by atoms with Gasteiger partial charge in [0.05, 0.1) is 0 Å². The molecule has 0 saturated heterocycles. The van der Waals surface area contributed by atoms with Gasteiger partial charge in [-0.15, -0.1) is 0 Å². The molecule has 3 rings (SSSR count). The van der Waals surface area contributed by atoms with Gasteiger partial charge >= 0.3 is 5.97 Å². The first-order valence-corrected chi connectivity index (χ1v) is 6.47. The predicted octanol–water partition coefficient (Wildman–Crippen LogP) is 3.48. The number of aryl methyl sites for hydroxylation is 1. The second-order valence-electron chi connectivity index (χ2n) is 4.70. The summed E-state index contributed by atoms with van der Waals surface area (Å²) in [7, 11) is 0. The van der Waals surface area contributed by atoms with E-state index in [9.17, 15) is 9.18 Å². The van der Waals surface area contributed by atoms with Crippen LogP contribution in [0.15, 0.2) is 59.2 Å². The first-order chi connectivity index (χ1) is 10.1. The maximum atomic E-state index is 12.9. The van der Waals surface area contributed by atoms with Crippen molar-refractivity contribution in [3.8, 4) is 0 Å². The van der Waals surface area contributed by atoms with E-state index in [4.69, 9.17) is 4.74 Å². The summed E-state index contributed by atoms with van der Waals surface area (Å²) in [6, 6.07) is 13.3. The quantitative estimate of drug-likeness (QED) is 0.624. The van der Waals surface area contributed by atoms with Crippen LogP contribution in [-0.4, -0.2) is 11.9 Å². The average molecular weight is 281 g/mol. The van der Waals surface area contributed by atoms with Crippen molar-refractivity contribution in [3.05, 3.63) is 76.7 Å². The molecule has 0 amide bonds. The molecule has 0 unspecified atom stereocenters. The summed E-state index contributed by atoms with van der Waals surface area (Å²) in [5.41, 5.74) is 2.76. The summed E-state index contributed by atoms with van der Waals surface area (Å²) >= 11 is 0. The number of hydrogen-bond donors (Lipinski definition) is 0. The van der Waals surface area contributed by atoms with Crippen LogP contribution in [0, 0.1) is 12.7 Å². The molecule has 0 aromatic heterocycles. The molecule has 0 atom stereocenters. The van der Waals surface area contributed by atoms with E-state index in [0.717, 1.165) is 11.1 Å². The van der Waals surface area contributed by atoms with Gasteiger partial charge in [-0.05, 0) is 48.4 Å². The minimum Gasteiger partial charge on any atom is -0.402 e. The van der Waals surface area contributed by atoms with Gasteiger partial charge in [-0.2, -0.15) is 0 Å². The Bertz CT molecular complexity index is 761. The molecule has 0 saturated carbocycles. The largest absolute Gasteiger partial charge is 0.402 e. The molecule has 1 heterocycles. The van der Waals surface area contributed by atoms with Crippen LogP contribution in [0.2, 0.25) is 0 Å². The van der Waals surface area contributed by atoms with E-state index in [0.29, 0.717) is 5.56 Å². The van der Waals surface area contributed by atoms with Crippen LogP contribution in [-0.2, 0) is 9.53 Å². The number of benzene rings is 2. The third-order valence-electron chi connectivity index (χ3n) is 3.19. The molecule has 104 valence electrons. The molecule has 4 heteroatoms. The van der Waals surface area contributed by atoms with Crippen LogP contribution in [0.1, 0.15) is 16.7 Å². The monoisotopic (exact) mass is 281 g/mol. The zero-order valence-electron chi connectivity index (χ0n) is 11.3.